The number of nitrogens with zero attached hydrogens (tertiary/aromatic N) is 1. The highest BCUT2D eigenvalue weighted by Crippen LogP contribution is 2.13. The van der Waals surface area contributed by atoms with Crippen LogP contribution in [0.3, 0.4) is 0 Å². The number of hydrogen-bond acceptors (Lipinski definition) is 3. The first-order valence-corrected chi connectivity index (χ1v) is 7.46. The van der Waals surface area contributed by atoms with E-state index in [-0.39, 0.29) is 12.3 Å². The van der Waals surface area contributed by atoms with E-state index in [4.69, 9.17) is 5.11 Å². The molecule has 0 bridgehead atoms. The van der Waals surface area contributed by atoms with Crippen molar-refractivity contribution < 1.29 is 14.7 Å². The molecule has 2 rings (SSSR count). The molecule has 5 nitrogen and oxygen atoms in total. The monoisotopic (exact) mass is 290 g/mol. The van der Waals surface area contributed by atoms with E-state index in [0.29, 0.717) is 18.5 Å². The summed E-state index contributed by atoms with van der Waals surface area (Å²) < 4.78 is 0. The van der Waals surface area contributed by atoms with Gasteiger partial charge in [0.2, 0.25) is 0 Å². The molecule has 1 aliphatic heterocycles. The third-order valence-electron chi connectivity index (χ3n) is 3.65. The maximum absolute atomic E-state index is 12.0. The van der Waals surface area contributed by atoms with E-state index in [1.807, 2.05) is 18.2 Å². The standard InChI is InChI=1S/C16H22N2O3/c19-15(20)7-4-8-17-16(21)14-6-3-5-13(11-14)12-18-9-1-2-10-18/h3,5-6,11H,1-2,4,7-10,12H2,(H,17,21)(H,19,20). The van der Waals surface area contributed by atoms with Crippen LogP contribution in [0, 0.1) is 0 Å². The normalized spacial score (nSPS) is 15.0. The van der Waals surface area contributed by atoms with Crippen LogP contribution in [0.2, 0.25) is 0 Å². The largest absolute Gasteiger partial charge is 0.481 e. The summed E-state index contributed by atoms with van der Waals surface area (Å²) in [4.78, 5) is 24.8. The first kappa shape index (κ1) is 15.5. The average molecular weight is 290 g/mol. The maximum Gasteiger partial charge on any atom is 0.303 e. The van der Waals surface area contributed by atoms with Crippen molar-refractivity contribution in [3.05, 3.63) is 35.4 Å². The van der Waals surface area contributed by atoms with E-state index >= 15 is 0 Å². The summed E-state index contributed by atoms with van der Waals surface area (Å²) in [7, 11) is 0. The number of carboxylic acid groups (broad SMARTS) is 1. The minimum absolute atomic E-state index is 0.0787. The molecule has 21 heavy (non-hydrogen) atoms. The van der Waals surface area contributed by atoms with E-state index in [2.05, 4.69) is 10.2 Å². The molecule has 2 N–H and O–H groups in total. The van der Waals surface area contributed by atoms with Crippen LogP contribution in [0.5, 0.6) is 0 Å². The summed E-state index contributed by atoms with van der Waals surface area (Å²) >= 11 is 0. The third-order valence-corrected chi connectivity index (χ3v) is 3.65. The van der Waals surface area contributed by atoms with Crippen LogP contribution < -0.4 is 5.32 Å². The van der Waals surface area contributed by atoms with Gasteiger partial charge in [-0.25, -0.2) is 0 Å². The molecule has 0 aliphatic carbocycles. The fourth-order valence-corrected chi connectivity index (χ4v) is 2.55. The number of benzene rings is 1. The van der Waals surface area contributed by atoms with Crippen molar-refractivity contribution in [2.24, 2.45) is 0 Å². The van der Waals surface area contributed by atoms with Gasteiger partial charge in [-0.2, -0.15) is 0 Å². The molecule has 0 saturated carbocycles. The highest BCUT2D eigenvalue weighted by atomic mass is 16.4. The second kappa shape index (κ2) is 7.78. The highest BCUT2D eigenvalue weighted by molar-refractivity contribution is 5.94. The van der Waals surface area contributed by atoms with E-state index < -0.39 is 5.97 Å². The van der Waals surface area contributed by atoms with Crippen molar-refractivity contribution in [2.45, 2.75) is 32.2 Å². The summed E-state index contributed by atoms with van der Waals surface area (Å²) in [5, 5.41) is 11.3. The van der Waals surface area contributed by atoms with Gasteiger partial charge in [-0.05, 0) is 50.0 Å². The molecule has 1 fully saturated rings. The number of carbonyl (C=O) groups is 2. The van der Waals surface area contributed by atoms with Gasteiger partial charge in [-0.15, -0.1) is 0 Å². The molecule has 114 valence electrons. The maximum atomic E-state index is 12.0. The Balaban J connectivity index is 1.84. The highest BCUT2D eigenvalue weighted by Gasteiger charge is 2.12. The average Bonchev–Trinajstić information content (AvgIpc) is 2.96. The predicted octanol–water partition coefficient (Wildman–Crippen LogP) is 1.88. The van der Waals surface area contributed by atoms with E-state index in [0.717, 1.165) is 25.2 Å². The van der Waals surface area contributed by atoms with Crippen molar-refractivity contribution in [2.75, 3.05) is 19.6 Å². The number of carboxylic acids is 1. The van der Waals surface area contributed by atoms with Crippen LogP contribution in [0.15, 0.2) is 24.3 Å². The molecule has 0 atom stereocenters. The molecular formula is C16H22N2O3. The Morgan fingerprint density at radius 2 is 2.00 bits per heavy atom. The Morgan fingerprint density at radius 3 is 2.71 bits per heavy atom. The number of carbonyl (C=O) groups excluding carboxylic acids is 1. The molecule has 1 heterocycles. The van der Waals surface area contributed by atoms with Crippen LogP contribution in [0.1, 0.15) is 41.6 Å². The molecule has 1 amide bonds. The molecule has 1 aromatic carbocycles. The molecule has 5 heteroatoms. The topological polar surface area (TPSA) is 69.6 Å². The first-order chi connectivity index (χ1) is 10.1. The summed E-state index contributed by atoms with van der Waals surface area (Å²) in [5.74, 6) is -0.972. The summed E-state index contributed by atoms with van der Waals surface area (Å²) in [6.07, 6.45) is 3.04. The van der Waals surface area contributed by atoms with Gasteiger partial charge in [0.05, 0.1) is 0 Å². The molecular weight excluding hydrogens is 268 g/mol. The molecule has 1 saturated heterocycles. The van der Waals surface area contributed by atoms with Crippen molar-refractivity contribution in [3.8, 4) is 0 Å². The third kappa shape index (κ3) is 5.19. The van der Waals surface area contributed by atoms with Gasteiger partial charge in [0.15, 0.2) is 0 Å². The van der Waals surface area contributed by atoms with Gasteiger partial charge in [0, 0.05) is 25.1 Å². The van der Waals surface area contributed by atoms with Gasteiger partial charge in [-0.3, -0.25) is 14.5 Å². The molecule has 1 aromatic rings. The molecule has 0 unspecified atom stereocenters. The molecule has 1 aliphatic rings. The zero-order valence-electron chi connectivity index (χ0n) is 12.2. The summed E-state index contributed by atoms with van der Waals surface area (Å²) in [5.41, 5.74) is 1.79. The lowest BCUT2D eigenvalue weighted by Crippen LogP contribution is -2.25. The minimum atomic E-state index is -0.836. The number of rotatable bonds is 7. The number of hydrogen-bond donors (Lipinski definition) is 2. The fraction of sp³-hybridized carbons (Fsp3) is 0.500. The Bertz CT molecular complexity index is 496. The van der Waals surface area contributed by atoms with Gasteiger partial charge >= 0.3 is 5.97 Å². The minimum Gasteiger partial charge on any atom is -0.481 e. The van der Waals surface area contributed by atoms with Gasteiger partial charge in [0.25, 0.3) is 5.91 Å². The molecule has 0 radical (unpaired) electrons. The van der Waals surface area contributed by atoms with Gasteiger partial charge < -0.3 is 10.4 Å². The lowest BCUT2D eigenvalue weighted by Gasteiger charge is -2.15. The smallest absolute Gasteiger partial charge is 0.303 e. The van der Waals surface area contributed by atoms with Crippen molar-refractivity contribution in [1.29, 1.82) is 0 Å². The van der Waals surface area contributed by atoms with Gasteiger partial charge in [-0.1, -0.05) is 12.1 Å². The second-order valence-electron chi connectivity index (χ2n) is 5.44. The van der Waals surface area contributed by atoms with Crippen LogP contribution in [-0.2, 0) is 11.3 Å². The number of likely N-dealkylation sites (tertiary alicyclic amines) is 1. The van der Waals surface area contributed by atoms with Crippen molar-refractivity contribution in [1.82, 2.24) is 10.2 Å². The Kier molecular flexibility index (Phi) is 5.75. The summed E-state index contributed by atoms with van der Waals surface area (Å²) in [6, 6.07) is 7.65. The molecule has 0 spiro atoms. The van der Waals surface area contributed by atoms with Crippen LogP contribution in [-0.4, -0.2) is 41.5 Å². The quantitative estimate of drug-likeness (QED) is 0.752. The Hall–Kier alpha value is -1.88. The van der Waals surface area contributed by atoms with E-state index in [9.17, 15) is 9.59 Å². The van der Waals surface area contributed by atoms with Crippen LogP contribution in [0.4, 0.5) is 0 Å². The SMILES string of the molecule is O=C(O)CCCNC(=O)c1cccc(CN2CCCC2)c1. The second-order valence-corrected chi connectivity index (χ2v) is 5.44. The van der Waals surface area contributed by atoms with Crippen LogP contribution in [0.25, 0.3) is 0 Å². The van der Waals surface area contributed by atoms with Gasteiger partial charge in [0.1, 0.15) is 0 Å². The van der Waals surface area contributed by atoms with Crippen molar-refractivity contribution in [3.63, 3.8) is 0 Å². The van der Waals surface area contributed by atoms with E-state index in [1.165, 1.54) is 12.8 Å². The Morgan fingerprint density at radius 1 is 1.24 bits per heavy atom. The Labute approximate surface area is 125 Å². The lowest BCUT2D eigenvalue weighted by atomic mass is 10.1. The van der Waals surface area contributed by atoms with Crippen molar-refractivity contribution >= 4 is 11.9 Å². The zero-order valence-corrected chi connectivity index (χ0v) is 12.2. The van der Waals surface area contributed by atoms with Crippen LogP contribution >= 0.6 is 0 Å². The zero-order chi connectivity index (χ0) is 15.1. The fourth-order valence-electron chi connectivity index (χ4n) is 2.55. The number of nitrogens with one attached hydrogen (secondary N) is 1. The summed E-state index contributed by atoms with van der Waals surface area (Å²) in [6.45, 7) is 3.54. The number of aliphatic carboxylic acids is 1. The van der Waals surface area contributed by atoms with E-state index in [1.54, 1.807) is 6.07 Å². The number of amides is 1. The lowest BCUT2D eigenvalue weighted by molar-refractivity contribution is -0.137. The first-order valence-electron chi connectivity index (χ1n) is 7.46. The predicted molar refractivity (Wildman–Crippen MR) is 80.2 cm³/mol. The molecule has 0 aromatic heterocycles.